The molecule has 1 amide bonds. The number of para-hydroxylation sites is 1. The molecule has 1 atom stereocenters. The van der Waals surface area contributed by atoms with Crippen molar-refractivity contribution in [3.05, 3.63) is 35.6 Å². The summed E-state index contributed by atoms with van der Waals surface area (Å²) < 4.78 is 20.8. The van der Waals surface area contributed by atoms with Crippen LogP contribution in [0.1, 0.15) is 23.0 Å². The maximum absolute atomic E-state index is 12.4. The molecule has 0 spiro atoms. The molecule has 0 saturated heterocycles. The average Bonchev–Trinajstić information content (AvgIpc) is 2.94. The first-order chi connectivity index (χ1) is 11.6. The molecule has 0 unspecified atom stereocenters. The third-order valence-electron chi connectivity index (χ3n) is 3.43. The van der Waals surface area contributed by atoms with Gasteiger partial charge in [-0.05, 0) is 13.0 Å². The molecule has 1 aromatic carbocycles. The topological polar surface area (TPSA) is 87.0 Å². The number of carbonyl (C=O) groups is 2. The van der Waals surface area contributed by atoms with E-state index in [2.05, 4.69) is 5.32 Å². The molecule has 1 aromatic heterocycles. The molecule has 2 aromatic rings. The highest BCUT2D eigenvalue weighted by Crippen LogP contribution is 2.27. The minimum Gasteiger partial charge on any atom is -0.449 e. The summed E-state index contributed by atoms with van der Waals surface area (Å²) in [6.45, 7) is 2.43. The van der Waals surface area contributed by atoms with Crippen LogP contribution in [0.25, 0.3) is 11.0 Å². The Kier molecular flexibility index (Phi) is 6.34. The predicted octanol–water partition coefficient (Wildman–Crippen LogP) is 1.89. The van der Waals surface area contributed by atoms with Crippen molar-refractivity contribution < 1.29 is 28.2 Å². The van der Waals surface area contributed by atoms with Crippen LogP contribution in [-0.2, 0) is 25.6 Å². The molecule has 0 saturated carbocycles. The molecule has 0 fully saturated rings. The van der Waals surface area contributed by atoms with Crippen molar-refractivity contribution in [2.24, 2.45) is 0 Å². The molecule has 7 heteroatoms. The number of ether oxygens (including phenoxy) is 3. The van der Waals surface area contributed by atoms with Gasteiger partial charge in [-0.15, -0.1) is 0 Å². The number of benzene rings is 1. The van der Waals surface area contributed by atoms with Crippen molar-refractivity contribution in [2.75, 3.05) is 27.4 Å². The third-order valence-corrected chi connectivity index (χ3v) is 3.43. The Morgan fingerprint density at radius 3 is 2.67 bits per heavy atom. The number of nitrogens with one attached hydrogen (secondary N) is 1. The van der Waals surface area contributed by atoms with Gasteiger partial charge in [-0.1, -0.05) is 18.2 Å². The second kappa shape index (κ2) is 8.47. The number of carbonyl (C=O) groups excluding carboxylic acids is 2. The zero-order chi connectivity index (χ0) is 17.5. The van der Waals surface area contributed by atoms with Crippen LogP contribution in [-0.4, -0.2) is 45.4 Å². The van der Waals surface area contributed by atoms with Gasteiger partial charge >= 0.3 is 5.97 Å². The van der Waals surface area contributed by atoms with Crippen molar-refractivity contribution in [1.29, 1.82) is 0 Å². The SMILES string of the molecule is COCCNC(=O)[C@@H](C)OC(=O)c1oc2ccccc2c1COC. The molecule has 24 heavy (non-hydrogen) atoms. The first-order valence-corrected chi connectivity index (χ1v) is 7.55. The second-order valence-electron chi connectivity index (χ2n) is 5.17. The van der Waals surface area contributed by atoms with Gasteiger partial charge in [-0.3, -0.25) is 4.79 Å². The lowest BCUT2D eigenvalue weighted by Crippen LogP contribution is -2.37. The molecular formula is C17H21NO6. The Bertz CT molecular complexity index is 708. The molecule has 0 aliphatic rings. The lowest BCUT2D eigenvalue weighted by Gasteiger charge is -2.13. The monoisotopic (exact) mass is 335 g/mol. The number of furan rings is 1. The fraction of sp³-hybridized carbons (Fsp3) is 0.412. The first kappa shape index (κ1) is 18.0. The largest absolute Gasteiger partial charge is 0.449 e. The smallest absolute Gasteiger partial charge is 0.375 e. The maximum Gasteiger partial charge on any atom is 0.375 e. The molecule has 0 aliphatic heterocycles. The number of fused-ring (bicyclic) bond motifs is 1. The van der Waals surface area contributed by atoms with E-state index < -0.39 is 18.0 Å². The van der Waals surface area contributed by atoms with Crippen molar-refractivity contribution in [1.82, 2.24) is 5.32 Å². The van der Waals surface area contributed by atoms with Gasteiger partial charge in [0.05, 0.1) is 13.2 Å². The molecule has 0 radical (unpaired) electrons. The van der Waals surface area contributed by atoms with Gasteiger partial charge in [0, 0.05) is 31.7 Å². The zero-order valence-corrected chi connectivity index (χ0v) is 14.0. The molecular weight excluding hydrogens is 314 g/mol. The number of hydrogen-bond acceptors (Lipinski definition) is 6. The van der Waals surface area contributed by atoms with Crippen molar-refractivity contribution >= 4 is 22.8 Å². The molecule has 1 heterocycles. The van der Waals surface area contributed by atoms with E-state index in [4.69, 9.17) is 18.6 Å². The Labute approximate surface area is 139 Å². The summed E-state index contributed by atoms with van der Waals surface area (Å²) in [4.78, 5) is 24.2. The molecule has 1 N–H and O–H groups in total. The van der Waals surface area contributed by atoms with Crippen LogP contribution in [0.5, 0.6) is 0 Å². The van der Waals surface area contributed by atoms with Gasteiger partial charge in [0.2, 0.25) is 5.76 Å². The summed E-state index contributed by atoms with van der Waals surface area (Å²) >= 11 is 0. The Morgan fingerprint density at radius 1 is 1.21 bits per heavy atom. The summed E-state index contributed by atoms with van der Waals surface area (Å²) in [6.07, 6.45) is -0.946. The number of esters is 1. The van der Waals surface area contributed by atoms with Gasteiger partial charge in [0.1, 0.15) is 5.58 Å². The van der Waals surface area contributed by atoms with Gasteiger partial charge in [-0.2, -0.15) is 0 Å². The first-order valence-electron chi connectivity index (χ1n) is 7.55. The van der Waals surface area contributed by atoms with Crippen LogP contribution in [0.4, 0.5) is 0 Å². The standard InChI is InChI=1S/C17H21NO6/c1-11(16(19)18-8-9-21-2)23-17(20)15-13(10-22-3)12-6-4-5-7-14(12)24-15/h4-7,11H,8-10H2,1-3H3,(H,18,19)/t11-/m1/s1. The van der Waals surface area contributed by atoms with E-state index in [1.165, 1.54) is 21.1 Å². The highest BCUT2D eigenvalue weighted by molar-refractivity contribution is 5.97. The van der Waals surface area contributed by atoms with Gasteiger partial charge in [0.15, 0.2) is 6.10 Å². The van der Waals surface area contributed by atoms with Crippen LogP contribution in [0.2, 0.25) is 0 Å². The molecule has 0 aliphatic carbocycles. The molecule has 2 rings (SSSR count). The van der Waals surface area contributed by atoms with E-state index in [-0.39, 0.29) is 12.4 Å². The van der Waals surface area contributed by atoms with E-state index in [1.54, 1.807) is 6.07 Å². The van der Waals surface area contributed by atoms with E-state index in [1.807, 2.05) is 18.2 Å². The Morgan fingerprint density at radius 2 is 1.96 bits per heavy atom. The summed E-state index contributed by atoms with van der Waals surface area (Å²) in [5.74, 6) is -1.05. The van der Waals surface area contributed by atoms with E-state index in [9.17, 15) is 9.59 Å². The van der Waals surface area contributed by atoms with Crippen molar-refractivity contribution in [3.8, 4) is 0 Å². The lowest BCUT2D eigenvalue weighted by molar-refractivity contribution is -0.129. The number of hydrogen-bond donors (Lipinski definition) is 1. The highest BCUT2D eigenvalue weighted by Gasteiger charge is 2.25. The summed E-state index contributed by atoms with van der Waals surface area (Å²) in [5, 5.41) is 3.39. The fourth-order valence-electron chi connectivity index (χ4n) is 2.24. The lowest BCUT2D eigenvalue weighted by atomic mass is 10.1. The predicted molar refractivity (Wildman–Crippen MR) is 86.7 cm³/mol. The highest BCUT2D eigenvalue weighted by atomic mass is 16.6. The van der Waals surface area contributed by atoms with Crippen LogP contribution in [0.15, 0.2) is 28.7 Å². The third kappa shape index (κ3) is 4.12. The maximum atomic E-state index is 12.4. The Balaban J connectivity index is 2.13. The molecule has 0 bridgehead atoms. The van der Waals surface area contributed by atoms with Crippen LogP contribution in [0, 0.1) is 0 Å². The summed E-state index contributed by atoms with van der Waals surface area (Å²) in [6, 6.07) is 7.25. The molecule has 130 valence electrons. The number of rotatable bonds is 8. The Hall–Kier alpha value is -2.38. The second-order valence-corrected chi connectivity index (χ2v) is 5.17. The van der Waals surface area contributed by atoms with Gasteiger partial charge in [-0.25, -0.2) is 4.79 Å². The van der Waals surface area contributed by atoms with Gasteiger partial charge in [0.25, 0.3) is 5.91 Å². The minimum absolute atomic E-state index is 0.0505. The van der Waals surface area contributed by atoms with Crippen LogP contribution in [0.3, 0.4) is 0 Å². The number of amides is 1. The van der Waals surface area contributed by atoms with Crippen molar-refractivity contribution in [3.63, 3.8) is 0 Å². The summed E-state index contributed by atoms with van der Waals surface area (Å²) in [5.41, 5.74) is 1.17. The average molecular weight is 335 g/mol. The van der Waals surface area contributed by atoms with E-state index in [0.717, 1.165) is 5.39 Å². The fourth-order valence-corrected chi connectivity index (χ4v) is 2.24. The quantitative estimate of drug-likeness (QED) is 0.585. The normalized spacial score (nSPS) is 12.1. The van der Waals surface area contributed by atoms with Crippen molar-refractivity contribution in [2.45, 2.75) is 19.6 Å². The van der Waals surface area contributed by atoms with E-state index >= 15 is 0 Å². The zero-order valence-electron chi connectivity index (χ0n) is 14.0. The van der Waals surface area contributed by atoms with Gasteiger partial charge < -0.3 is 23.9 Å². The van der Waals surface area contributed by atoms with Crippen LogP contribution < -0.4 is 5.32 Å². The van der Waals surface area contributed by atoms with Crippen LogP contribution >= 0.6 is 0 Å². The van der Waals surface area contributed by atoms with E-state index in [0.29, 0.717) is 24.3 Å². The minimum atomic E-state index is -0.946. The number of methoxy groups -OCH3 is 2. The summed E-state index contributed by atoms with van der Waals surface area (Å²) in [7, 11) is 3.07. The molecule has 7 nitrogen and oxygen atoms in total.